The van der Waals surface area contributed by atoms with Crippen LogP contribution in [0, 0.1) is 86.1 Å². The smallest absolute Gasteiger partial charge is 0.352 e. The standard InChI is InChI=1S/C24H24F4N2O2.C23H20F6N2O2.C23H22F4N2O3.C22H22F4N2O3/c1-13-9-16(4-8-21(13)25)29-23(32)15-3-7-22(26)20(10-15)24(27,28)14(2)30-17-5-6-18(30)12-19(31)11-17;1-12-8-16(5-7-18(12)24)30-21(33)15-4-6-19(25)17(9-15)23(28,29)14(3)31-11-22(26,27)10-20(31)13(2)32;1-13-11-17(4-6-19(13)24)28-21(31)16-3-5-20(25)18(12-16)23(26,27)22(32)29-9-7-15(8-10-29)14(2)30;1-12-9-15(4-6-17(12)23)27-20(30)14-3-5-18(24)16(10-14)22(25,26)21(31)28-8-7-19(29)13(2)11-28/h3-4,7-10,17-19,31H,2,5-6,11-12H2,1H3,(H,29,32);4-9,20H,3,10-11H2,1-2H3,(H,30,33);3-6,11-12,15H,7-10H2,1-2H3,(H,28,31);3-6,9-10,13,19,29H,7-8,11H2,1-2H3,(H,27,30)/t17-,18+,19?;;;. The maximum Gasteiger partial charge on any atom is 0.352 e. The van der Waals surface area contributed by atoms with Gasteiger partial charge in [0.05, 0.1) is 58.4 Å². The Labute approximate surface area is 723 Å². The van der Waals surface area contributed by atoms with E-state index in [-0.39, 0.29) is 125 Å². The minimum atomic E-state index is -4.20. The summed E-state index contributed by atoms with van der Waals surface area (Å²) in [6.07, 6.45) is 0.544. The van der Waals surface area contributed by atoms with E-state index in [4.69, 9.17) is 0 Å². The van der Waals surface area contributed by atoms with Crippen molar-refractivity contribution in [2.24, 2.45) is 11.8 Å². The third-order valence-corrected chi connectivity index (χ3v) is 22.8. The first-order valence-electron chi connectivity index (χ1n) is 40.1. The Morgan fingerprint density at radius 2 is 0.711 bits per heavy atom. The molecule has 6 N–H and O–H groups in total. The number of benzene rings is 8. The van der Waals surface area contributed by atoms with Crippen LogP contribution in [0.25, 0.3) is 0 Å². The summed E-state index contributed by atoms with van der Waals surface area (Å²) in [5.74, 6) is -34.7. The van der Waals surface area contributed by atoms with Crippen molar-refractivity contribution in [1.82, 2.24) is 19.6 Å². The number of piperidine rings is 3. The number of alkyl halides is 10. The summed E-state index contributed by atoms with van der Waals surface area (Å²) in [4.78, 5) is 102. The topological polar surface area (TPSA) is 238 Å². The second-order valence-electron chi connectivity index (χ2n) is 32.1. The van der Waals surface area contributed by atoms with Crippen molar-refractivity contribution in [3.8, 4) is 0 Å². The van der Waals surface area contributed by atoms with Gasteiger partial charge >= 0.3 is 23.7 Å². The first kappa shape index (κ1) is 97.8. The van der Waals surface area contributed by atoms with E-state index in [1.165, 1.54) is 94.1 Å². The minimum absolute atomic E-state index is 0.0373. The van der Waals surface area contributed by atoms with Crippen molar-refractivity contribution in [2.75, 3.05) is 54.0 Å². The zero-order valence-corrected chi connectivity index (χ0v) is 69.8. The third kappa shape index (κ3) is 22.4. The van der Waals surface area contributed by atoms with E-state index >= 15 is 17.6 Å². The summed E-state index contributed by atoms with van der Waals surface area (Å²) < 4.78 is 260. The van der Waals surface area contributed by atoms with Crippen molar-refractivity contribution >= 4 is 69.8 Å². The van der Waals surface area contributed by atoms with Crippen molar-refractivity contribution in [1.29, 1.82) is 0 Å². The molecule has 2 bridgehead atoms. The van der Waals surface area contributed by atoms with E-state index in [0.29, 0.717) is 78.2 Å². The van der Waals surface area contributed by atoms with Crippen LogP contribution in [-0.2, 0) is 42.9 Å². The number of rotatable bonds is 20. The fourth-order valence-electron chi connectivity index (χ4n) is 15.5. The van der Waals surface area contributed by atoms with E-state index in [1.54, 1.807) is 6.92 Å². The summed E-state index contributed by atoms with van der Waals surface area (Å²) in [6, 6.07) is 22.9. The van der Waals surface area contributed by atoms with Crippen molar-refractivity contribution in [2.45, 2.75) is 160 Å². The lowest BCUT2D eigenvalue weighted by molar-refractivity contribution is -0.163. The number of aliphatic hydroxyl groups is 2. The minimum Gasteiger partial charge on any atom is -0.393 e. The Balaban J connectivity index is 0.000000178. The van der Waals surface area contributed by atoms with E-state index in [1.807, 2.05) is 0 Å². The highest BCUT2D eigenvalue weighted by atomic mass is 19.3. The normalized spacial score (nSPS) is 18.6. The molecular formula is C92H88F18N8O10. The van der Waals surface area contributed by atoms with Crippen molar-refractivity contribution in [3.05, 3.63) is 283 Å². The molecule has 5 aliphatic heterocycles. The Morgan fingerprint density at radius 1 is 0.406 bits per heavy atom. The molecule has 8 aromatic rings. The summed E-state index contributed by atoms with van der Waals surface area (Å²) in [5.41, 5.74) is -5.36. The largest absolute Gasteiger partial charge is 0.393 e. The Bertz CT molecular complexity index is 5620. The molecule has 8 aromatic carbocycles. The number of ketones is 2. The Kier molecular flexibility index (Phi) is 30.2. The molecule has 5 heterocycles. The van der Waals surface area contributed by atoms with E-state index in [9.17, 15) is 110 Å². The van der Waals surface area contributed by atoms with Gasteiger partial charge in [0.15, 0.2) is 5.78 Å². The number of halogens is 18. The fourth-order valence-corrected chi connectivity index (χ4v) is 15.5. The predicted octanol–water partition coefficient (Wildman–Crippen LogP) is 18.8. The molecule has 0 saturated carbocycles. The van der Waals surface area contributed by atoms with Gasteiger partial charge < -0.3 is 51.1 Å². The molecule has 18 nitrogen and oxygen atoms in total. The number of likely N-dealkylation sites (tertiary alicyclic amines) is 3. The van der Waals surface area contributed by atoms with Gasteiger partial charge in [0.25, 0.3) is 41.4 Å². The zero-order valence-electron chi connectivity index (χ0n) is 69.8. The van der Waals surface area contributed by atoms with Crippen LogP contribution >= 0.6 is 0 Å². The van der Waals surface area contributed by atoms with Gasteiger partial charge in [-0.05, 0) is 260 Å². The second-order valence-corrected chi connectivity index (χ2v) is 32.1. The average molecular weight is 1810 g/mol. The number of Topliss-reactive ketones (excluding diaryl/α,β-unsaturated/α-hetero) is 2. The monoisotopic (exact) mass is 1810 g/mol. The van der Waals surface area contributed by atoms with Crippen LogP contribution in [0.5, 0.6) is 0 Å². The van der Waals surface area contributed by atoms with Gasteiger partial charge in [0, 0.05) is 95.6 Å². The summed E-state index contributed by atoms with van der Waals surface area (Å²) in [5, 5.41) is 29.4. The number of hydrogen-bond donors (Lipinski definition) is 6. The molecule has 0 spiro atoms. The van der Waals surface area contributed by atoms with Gasteiger partial charge in [-0.25, -0.2) is 43.9 Å². The first-order valence-corrected chi connectivity index (χ1v) is 40.1. The van der Waals surface area contributed by atoms with E-state index < -0.39 is 188 Å². The van der Waals surface area contributed by atoms with Crippen molar-refractivity contribution in [3.63, 3.8) is 0 Å². The molecule has 0 radical (unpaired) electrons. The lowest BCUT2D eigenvalue weighted by Crippen LogP contribution is -2.50. The van der Waals surface area contributed by atoms with Gasteiger partial charge in [-0.15, -0.1) is 0 Å². The molecule has 13 rings (SSSR count). The second kappa shape index (κ2) is 39.5. The van der Waals surface area contributed by atoms with Crippen LogP contribution in [0.15, 0.2) is 170 Å². The number of fused-ring (bicyclic) bond motifs is 2. The van der Waals surface area contributed by atoms with Gasteiger partial charge in [-0.2, -0.15) is 35.1 Å². The number of allylic oxidation sites excluding steroid dienone is 2. The van der Waals surface area contributed by atoms with Gasteiger partial charge in [-0.1, -0.05) is 20.1 Å². The highest BCUT2D eigenvalue weighted by Crippen LogP contribution is 2.48. The van der Waals surface area contributed by atoms with E-state index in [0.717, 1.165) is 71.3 Å². The van der Waals surface area contributed by atoms with Crippen LogP contribution in [0.3, 0.4) is 0 Å². The average Bonchev–Trinajstić information content (AvgIpc) is 1.55. The number of nitrogens with zero attached hydrogens (tertiary/aromatic N) is 4. The highest BCUT2D eigenvalue weighted by Gasteiger charge is 2.55. The molecule has 5 fully saturated rings. The highest BCUT2D eigenvalue weighted by molar-refractivity contribution is 6.07. The molecule has 0 aromatic heterocycles. The maximum absolute atomic E-state index is 15.4. The predicted molar refractivity (Wildman–Crippen MR) is 437 cm³/mol. The molecule has 5 saturated heterocycles. The first-order chi connectivity index (χ1) is 59.8. The number of aliphatic hydroxyl groups excluding tert-OH is 2. The molecule has 6 amide bonds. The van der Waals surface area contributed by atoms with Crippen LogP contribution in [0.4, 0.5) is 102 Å². The lowest BCUT2D eigenvalue weighted by atomic mass is 9.92. The molecule has 128 heavy (non-hydrogen) atoms. The molecule has 5 aliphatic rings. The van der Waals surface area contributed by atoms with Gasteiger partial charge in [-0.3, -0.25) is 38.4 Å². The molecular weight excluding hydrogens is 1720 g/mol. The van der Waals surface area contributed by atoms with Crippen LogP contribution < -0.4 is 21.3 Å². The SMILES string of the molecule is C=C(N1CC(F)(F)CC1C(C)=O)C(F)(F)c1cc(C(=O)Nc2ccc(F)c(C)c2)ccc1F.C=C(N1[C@@H]2CC[C@H]1CC(O)C2)C(F)(F)c1cc(C(=O)Nc2ccc(F)c(C)c2)ccc1F.CC(=O)C1CCN(C(=O)C(F)(F)c2cc(C(=O)Nc3ccc(F)c(C)c3)ccc2F)CC1.Cc1cc(NC(=O)c2ccc(F)c(C(F)(F)C(=O)N3CCC(O)C(C)C3)c2)ccc1F. The molecule has 682 valence electrons. The molecule has 4 unspecified atom stereocenters. The molecule has 36 heteroatoms. The van der Waals surface area contributed by atoms with Gasteiger partial charge in [0.1, 0.15) is 52.3 Å². The number of carbonyl (C=O) groups is 8. The summed E-state index contributed by atoms with van der Waals surface area (Å²) in [7, 11) is 0. The number of amides is 6. The van der Waals surface area contributed by atoms with Crippen LogP contribution in [0.2, 0.25) is 0 Å². The van der Waals surface area contributed by atoms with Crippen LogP contribution in [-0.4, -0.2) is 146 Å². The number of nitrogens with one attached hydrogen (secondary N) is 4. The van der Waals surface area contributed by atoms with E-state index in [2.05, 4.69) is 34.4 Å². The number of carbonyl (C=O) groups excluding carboxylic acids is 8. The van der Waals surface area contributed by atoms with Gasteiger partial charge in [0.2, 0.25) is 0 Å². The molecule has 6 atom stereocenters. The zero-order chi connectivity index (χ0) is 94.5. The van der Waals surface area contributed by atoms with Crippen LogP contribution in [0.1, 0.15) is 158 Å². The summed E-state index contributed by atoms with van der Waals surface area (Å²) >= 11 is 0. The third-order valence-electron chi connectivity index (χ3n) is 22.8. The Morgan fingerprint density at radius 3 is 1.02 bits per heavy atom. The molecule has 0 aliphatic carbocycles. The van der Waals surface area contributed by atoms with Crippen molar-refractivity contribution < 1.29 is 128 Å². The lowest BCUT2D eigenvalue weighted by Gasteiger charge is -2.42. The number of hydrogen-bond acceptors (Lipinski definition) is 12. The summed E-state index contributed by atoms with van der Waals surface area (Å²) in [6.45, 7) is 15.4. The fraction of sp³-hybridized carbons (Fsp3) is 0.348. The Hall–Kier alpha value is -12.3. The maximum atomic E-state index is 15.4. The quantitative estimate of drug-likeness (QED) is 0.0391. The number of anilines is 4. The number of aryl methyl sites for hydroxylation is 4.